The number of hydrogen-bond donors (Lipinski definition) is 1. The van der Waals surface area contributed by atoms with Crippen molar-refractivity contribution in [1.82, 2.24) is 5.32 Å². The third-order valence-corrected chi connectivity index (χ3v) is 7.55. The Morgan fingerprint density at radius 1 is 1.27 bits per heavy atom. The maximum Gasteiger partial charge on any atom is 0.224 e. The van der Waals surface area contributed by atoms with E-state index in [4.69, 9.17) is 0 Å². The molecule has 2 aromatic rings. The molecule has 0 bridgehead atoms. The van der Waals surface area contributed by atoms with E-state index in [-0.39, 0.29) is 23.5 Å². The third-order valence-electron chi connectivity index (χ3n) is 4.85. The second kappa shape index (κ2) is 8.35. The maximum absolute atomic E-state index is 12.6. The summed E-state index contributed by atoms with van der Waals surface area (Å²) in [6.07, 6.45) is 3.81. The van der Waals surface area contributed by atoms with E-state index in [0.29, 0.717) is 6.42 Å². The van der Waals surface area contributed by atoms with Crippen molar-refractivity contribution in [3.05, 3.63) is 57.8 Å². The third kappa shape index (κ3) is 4.74. The molecule has 0 radical (unpaired) electrons. The Morgan fingerprint density at radius 2 is 2.04 bits per heavy atom. The number of carbonyl (C=O) groups is 1. The molecule has 1 aliphatic heterocycles. The normalized spacial score (nSPS) is 20.0. The first-order valence-corrected chi connectivity index (χ1v) is 11.8. The first-order valence-electron chi connectivity index (χ1n) is 9.11. The smallest absolute Gasteiger partial charge is 0.224 e. The van der Waals surface area contributed by atoms with Gasteiger partial charge in [-0.25, -0.2) is 8.42 Å². The number of aryl methyl sites for hydroxylation is 1. The highest BCUT2D eigenvalue weighted by molar-refractivity contribution is 7.91. The molecule has 0 spiro atoms. The van der Waals surface area contributed by atoms with E-state index < -0.39 is 15.8 Å². The van der Waals surface area contributed by atoms with Gasteiger partial charge < -0.3 is 5.32 Å². The average Bonchev–Trinajstić information content (AvgIpc) is 3.28. The summed E-state index contributed by atoms with van der Waals surface area (Å²) in [4.78, 5) is 13.7. The predicted molar refractivity (Wildman–Crippen MR) is 106 cm³/mol. The summed E-state index contributed by atoms with van der Waals surface area (Å²) in [6.45, 7) is 2.18. The molecule has 1 fully saturated rings. The number of amides is 1. The first-order chi connectivity index (χ1) is 12.5. The van der Waals surface area contributed by atoms with Gasteiger partial charge >= 0.3 is 0 Å². The van der Waals surface area contributed by atoms with Crippen LogP contribution in [0.1, 0.15) is 48.2 Å². The Balaban J connectivity index is 1.77. The summed E-state index contributed by atoms with van der Waals surface area (Å²) in [6, 6.07) is 12.1. The second-order valence-electron chi connectivity index (χ2n) is 6.90. The minimum Gasteiger partial charge on any atom is -0.344 e. The van der Waals surface area contributed by atoms with Gasteiger partial charge in [-0.2, -0.15) is 0 Å². The van der Waals surface area contributed by atoms with Crippen LogP contribution in [-0.4, -0.2) is 25.8 Å². The number of rotatable bonds is 7. The Bertz CT molecular complexity index is 826. The van der Waals surface area contributed by atoms with E-state index in [1.54, 1.807) is 11.3 Å². The summed E-state index contributed by atoms with van der Waals surface area (Å²) < 4.78 is 23.4. The van der Waals surface area contributed by atoms with Crippen LogP contribution in [0.15, 0.2) is 41.8 Å². The molecule has 0 aliphatic carbocycles. The Labute approximate surface area is 159 Å². The van der Waals surface area contributed by atoms with Crippen molar-refractivity contribution < 1.29 is 13.2 Å². The van der Waals surface area contributed by atoms with Crippen LogP contribution in [0.5, 0.6) is 0 Å². The Morgan fingerprint density at radius 3 is 2.62 bits per heavy atom. The fourth-order valence-electron chi connectivity index (χ4n) is 3.29. The van der Waals surface area contributed by atoms with Crippen molar-refractivity contribution >= 4 is 27.1 Å². The predicted octanol–water partition coefficient (Wildman–Crippen LogP) is 3.73. The van der Waals surface area contributed by atoms with Crippen molar-refractivity contribution in [3.63, 3.8) is 0 Å². The summed E-state index contributed by atoms with van der Waals surface area (Å²) in [7, 11) is -3.07. The molecule has 140 valence electrons. The second-order valence-corrected chi connectivity index (χ2v) is 10.1. The largest absolute Gasteiger partial charge is 0.344 e. The highest BCUT2D eigenvalue weighted by Crippen LogP contribution is 2.28. The minimum absolute atomic E-state index is 0.0358. The summed E-state index contributed by atoms with van der Waals surface area (Å²) in [5.74, 6) is -0.529. The molecule has 1 amide bonds. The zero-order chi connectivity index (χ0) is 18.6. The molecule has 26 heavy (non-hydrogen) atoms. The lowest BCUT2D eigenvalue weighted by molar-refractivity contribution is -0.124. The van der Waals surface area contributed by atoms with Crippen LogP contribution in [0.3, 0.4) is 0 Å². The standard InChI is InChI=1S/C20H25NO3S2/c1-2-3-5-15-7-9-16(10-8-15)19(18-6-4-12-25-18)21-20(22)17-11-13-26(23,24)14-17/h4,6-10,12,17,19H,2-3,5,11,13-14H2,1H3,(H,21,22). The van der Waals surface area contributed by atoms with Crippen LogP contribution in [-0.2, 0) is 21.1 Å². The molecule has 2 unspecified atom stereocenters. The number of nitrogens with one attached hydrogen (secondary N) is 1. The molecular weight excluding hydrogens is 366 g/mol. The van der Waals surface area contributed by atoms with Gasteiger partial charge in [0, 0.05) is 4.88 Å². The number of hydrogen-bond acceptors (Lipinski definition) is 4. The summed E-state index contributed by atoms with van der Waals surface area (Å²) >= 11 is 1.60. The van der Waals surface area contributed by atoms with Gasteiger partial charge in [-0.15, -0.1) is 11.3 Å². The molecule has 2 atom stereocenters. The number of unbranched alkanes of at least 4 members (excludes halogenated alkanes) is 1. The van der Waals surface area contributed by atoms with Gasteiger partial charge in [0.1, 0.15) is 0 Å². The van der Waals surface area contributed by atoms with Gasteiger partial charge in [0.15, 0.2) is 9.84 Å². The fourth-order valence-corrected chi connectivity index (χ4v) is 5.84. The van der Waals surface area contributed by atoms with Gasteiger partial charge in [-0.1, -0.05) is 43.7 Å². The summed E-state index contributed by atoms with van der Waals surface area (Å²) in [5, 5.41) is 5.08. The topological polar surface area (TPSA) is 63.2 Å². The zero-order valence-electron chi connectivity index (χ0n) is 15.0. The van der Waals surface area contributed by atoms with Crippen molar-refractivity contribution in [2.45, 2.75) is 38.6 Å². The molecule has 2 heterocycles. The van der Waals surface area contributed by atoms with Crippen molar-refractivity contribution in [2.24, 2.45) is 5.92 Å². The zero-order valence-corrected chi connectivity index (χ0v) is 16.6. The Kier molecular flexibility index (Phi) is 6.14. The first kappa shape index (κ1) is 19.1. The van der Waals surface area contributed by atoms with E-state index in [1.807, 2.05) is 17.5 Å². The van der Waals surface area contributed by atoms with Gasteiger partial charge in [0.2, 0.25) is 5.91 Å². The van der Waals surface area contributed by atoms with Crippen LogP contribution in [0.2, 0.25) is 0 Å². The number of sulfone groups is 1. The molecule has 4 nitrogen and oxygen atoms in total. The van der Waals surface area contributed by atoms with Gasteiger partial charge in [0.25, 0.3) is 0 Å². The van der Waals surface area contributed by atoms with Crippen molar-refractivity contribution in [2.75, 3.05) is 11.5 Å². The van der Waals surface area contributed by atoms with Crippen molar-refractivity contribution in [3.8, 4) is 0 Å². The molecule has 1 aliphatic rings. The number of thiophene rings is 1. The molecule has 1 N–H and O–H groups in total. The van der Waals surface area contributed by atoms with Gasteiger partial charge in [0.05, 0.1) is 23.5 Å². The van der Waals surface area contributed by atoms with E-state index in [1.165, 1.54) is 18.4 Å². The lowest BCUT2D eigenvalue weighted by atomic mass is 10.00. The molecule has 0 saturated carbocycles. The van der Waals surface area contributed by atoms with Gasteiger partial charge in [-0.05, 0) is 41.8 Å². The molecular formula is C20H25NO3S2. The summed E-state index contributed by atoms with van der Waals surface area (Å²) in [5.41, 5.74) is 2.33. The number of benzene rings is 1. The average molecular weight is 392 g/mol. The van der Waals surface area contributed by atoms with E-state index >= 15 is 0 Å². The number of carbonyl (C=O) groups excluding carboxylic acids is 1. The molecule has 1 aromatic carbocycles. The van der Waals surface area contributed by atoms with Crippen LogP contribution in [0.25, 0.3) is 0 Å². The van der Waals surface area contributed by atoms with Crippen LogP contribution < -0.4 is 5.32 Å². The molecule has 1 aromatic heterocycles. The maximum atomic E-state index is 12.6. The van der Waals surface area contributed by atoms with E-state index in [2.05, 4.69) is 36.5 Å². The van der Waals surface area contributed by atoms with Crippen LogP contribution in [0.4, 0.5) is 0 Å². The highest BCUT2D eigenvalue weighted by atomic mass is 32.2. The van der Waals surface area contributed by atoms with Gasteiger partial charge in [-0.3, -0.25) is 4.79 Å². The SMILES string of the molecule is CCCCc1ccc(C(NC(=O)C2CCS(=O)(=O)C2)c2cccs2)cc1. The molecule has 1 saturated heterocycles. The molecule has 3 rings (SSSR count). The van der Waals surface area contributed by atoms with Crippen LogP contribution >= 0.6 is 11.3 Å². The lowest BCUT2D eigenvalue weighted by Gasteiger charge is -2.20. The van der Waals surface area contributed by atoms with E-state index in [0.717, 1.165) is 16.9 Å². The lowest BCUT2D eigenvalue weighted by Crippen LogP contribution is -2.34. The highest BCUT2D eigenvalue weighted by Gasteiger charge is 2.34. The minimum atomic E-state index is -3.07. The molecule has 6 heteroatoms. The quantitative estimate of drug-likeness (QED) is 0.782. The fraction of sp³-hybridized carbons (Fsp3) is 0.450. The monoisotopic (exact) mass is 391 g/mol. The van der Waals surface area contributed by atoms with Crippen molar-refractivity contribution in [1.29, 1.82) is 0 Å². The van der Waals surface area contributed by atoms with E-state index in [9.17, 15) is 13.2 Å². The van der Waals surface area contributed by atoms with Crippen LogP contribution in [0, 0.1) is 5.92 Å². The Hall–Kier alpha value is -1.66.